The van der Waals surface area contributed by atoms with Gasteiger partial charge in [0.2, 0.25) is 0 Å². The van der Waals surface area contributed by atoms with Crippen LogP contribution in [0.15, 0.2) is 41.8 Å². The van der Waals surface area contributed by atoms with Gasteiger partial charge in [0.1, 0.15) is 0 Å². The Morgan fingerprint density at radius 2 is 2.04 bits per heavy atom. The number of halogens is 1. The zero-order chi connectivity index (χ0) is 18.1. The van der Waals surface area contributed by atoms with Gasteiger partial charge in [-0.25, -0.2) is 5.43 Å². The monoisotopic (exact) mass is 361 g/mol. The zero-order valence-corrected chi connectivity index (χ0v) is 14.9. The van der Waals surface area contributed by atoms with Gasteiger partial charge in [-0.1, -0.05) is 18.5 Å². The Hall–Kier alpha value is -2.60. The van der Waals surface area contributed by atoms with E-state index in [1.54, 1.807) is 36.7 Å². The number of pyridine rings is 1. The molecule has 0 spiro atoms. The number of hydrazone groups is 1. The maximum absolute atomic E-state index is 11.9. The lowest BCUT2D eigenvalue weighted by molar-refractivity contribution is 0.0955. The minimum atomic E-state index is -0.322. The van der Waals surface area contributed by atoms with Crippen molar-refractivity contribution in [1.29, 1.82) is 0 Å². The van der Waals surface area contributed by atoms with Gasteiger partial charge in [-0.05, 0) is 43.2 Å². The molecule has 0 radical (unpaired) electrons. The molecule has 2 aromatic rings. The van der Waals surface area contributed by atoms with Crippen molar-refractivity contribution in [1.82, 2.24) is 10.4 Å². The van der Waals surface area contributed by atoms with Crippen molar-refractivity contribution in [2.75, 3.05) is 13.2 Å². The summed E-state index contributed by atoms with van der Waals surface area (Å²) in [7, 11) is 0. The first-order valence-corrected chi connectivity index (χ1v) is 8.36. The Morgan fingerprint density at radius 1 is 1.28 bits per heavy atom. The van der Waals surface area contributed by atoms with E-state index in [4.69, 9.17) is 21.1 Å². The summed E-state index contributed by atoms with van der Waals surface area (Å²) in [5.41, 5.74) is 3.62. The maximum Gasteiger partial charge on any atom is 0.271 e. The zero-order valence-electron chi connectivity index (χ0n) is 14.2. The molecule has 25 heavy (non-hydrogen) atoms. The van der Waals surface area contributed by atoms with Crippen LogP contribution >= 0.6 is 11.6 Å². The molecular formula is C18H20ClN3O3. The topological polar surface area (TPSA) is 72.8 Å². The number of benzene rings is 1. The van der Waals surface area contributed by atoms with Crippen LogP contribution in [0.5, 0.6) is 11.5 Å². The Bertz CT molecular complexity index is 736. The van der Waals surface area contributed by atoms with Crippen molar-refractivity contribution in [3.8, 4) is 11.5 Å². The van der Waals surface area contributed by atoms with Crippen molar-refractivity contribution < 1.29 is 14.3 Å². The van der Waals surface area contributed by atoms with Gasteiger partial charge in [0.25, 0.3) is 5.91 Å². The number of hydrogen-bond donors (Lipinski definition) is 1. The van der Waals surface area contributed by atoms with Crippen molar-refractivity contribution in [2.24, 2.45) is 5.10 Å². The highest BCUT2D eigenvalue weighted by molar-refractivity contribution is 6.32. The molecule has 0 aliphatic rings. The molecule has 1 heterocycles. The van der Waals surface area contributed by atoms with Crippen molar-refractivity contribution >= 4 is 23.7 Å². The quantitative estimate of drug-likeness (QED) is 0.575. The summed E-state index contributed by atoms with van der Waals surface area (Å²) in [5.74, 6) is 0.742. The second-order valence-corrected chi connectivity index (χ2v) is 5.45. The van der Waals surface area contributed by atoms with Gasteiger partial charge in [-0.2, -0.15) is 5.10 Å². The van der Waals surface area contributed by atoms with Gasteiger partial charge in [0.05, 0.1) is 24.5 Å². The van der Waals surface area contributed by atoms with E-state index in [9.17, 15) is 4.79 Å². The van der Waals surface area contributed by atoms with E-state index < -0.39 is 0 Å². The first-order chi connectivity index (χ1) is 12.2. The van der Waals surface area contributed by atoms with Gasteiger partial charge in [-0.3, -0.25) is 9.78 Å². The van der Waals surface area contributed by atoms with E-state index in [-0.39, 0.29) is 5.91 Å². The number of aromatic nitrogens is 1. The maximum atomic E-state index is 11.9. The molecule has 0 saturated carbocycles. The Balaban J connectivity index is 2.12. The summed E-state index contributed by atoms with van der Waals surface area (Å²) in [6, 6.07) is 6.68. The van der Waals surface area contributed by atoms with Crippen LogP contribution in [0.25, 0.3) is 0 Å². The predicted molar refractivity (Wildman–Crippen MR) is 97.7 cm³/mol. The van der Waals surface area contributed by atoms with Crippen LogP contribution in [0.2, 0.25) is 5.02 Å². The van der Waals surface area contributed by atoms with Gasteiger partial charge in [0, 0.05) is 18.0 Å². The lowest BCUT2D eigenvalue weighted by Crippen LogP contribution is -2.17. The van der Waals surface area contributed by atoms with Crippen molar-refractivity contribution in [3.63, 3.8) is 0 Å². The normalized spacial score (nSPS) is 10.7. The fourth-order valence-corrected chi connectivity index (χ4v) is 2.28. The Labute approximate surface area is 151 Å². The second-order valence-electron chi connectivity index (χ2n) is 5.05. The van der Waals surface area contributed by atoms with Crippen LogP contribution < -0.4 is 14.9 Å². The molecule has 1 aromatic carbocycles. The Morgan fingerprint density at radius 3 is 2.72 bits per heavy atom. The van der Waals surface area contributed by atoms with Gasteiger partial charge in [0.15, 0.2) is 11.5 Å². The molecule has 0 aliphatic carbocycles. The van der Waals surface area contributed by atoms with Crippen LogP contribution in [0.1, 0.15) is 36.2 Å². The summed E-state index contributed by atoms with van der Waals surface area (Å²) in [6.07, 6.45) is 5.45. The summed E-state index contributed by atoms with van der Waals surface area (Å²) in [5, 5.41) is 4.38. The summed E-state index contributed by atoms with van der Waals surface area (Å²) in [4.78, 5) is 15.8. The molecule has 0 bridgehead atoms. The van der Waals surface area contributed by atoms with Gasteiger partial charge < -0.3 is 9.47 Å². The molecule has 6 nitrogen and oxygen atoms in total. The third-order valence-electron chi connectivity index (χ3n) is 3.10. The van der Waals surface area contributed by atoms with E-state index >= 15 is 0 Å². The average molecular weight is 362 g/mol. The fraction of sp³-hybridized carbons (Fsp3) is 0.278. The number of carbonyl (C=O) groups is 1. The van der Waals surface area contributed by atoms with E-state index in [0.29, 0.717) is 40.9 Å². The first kappa shape index (κ1) is 18.7. The number of nitrogens with one attached hydrogen (secondary N) is 1. The third kappa shape index (κ3) is 5.46. The highest BCUT2D eigenvalue weighted by Gasteiger charge is 2.12. The molecule has 1 amide bonds. The predicted octanol–water partition coefficient (Wildman–Crippen LogP) is 3.69. The SMILES string of the molecule is CCCOc1c(Cl)cc(/C=N\NC(=O)c2ccncc2)cc1OCC. The molecule has 132 valence electrons. The van der Waals surface area contributed by atoms with Crippen LogP contribution in [-0.4, -0.2) is 30.3 Å². The minimum Gasteiger partial charge on any atom is -0.490 e. The summed E-state index contributed by atoms with van der Waals surface area (Å²) in [6.45, 7) is 4.93. The van der Waals surface area contributed by atoms with Crippen LogP contribution in [0, 0.1) is 0 Å². The second kappa shape index (κ2) is 9.64. The molecule has 0 fully saturated rings. The van der Waals surface area contributed by atoms with Crippen LogP contribution in [-0.2, 0) is 0 Å². The number of amides is 1. The summed E-state index contributed by atoms with van der Waals surface area (Å²) < 4.78 is 11.2. The third-order valence-corrected chi connectivity index (χ3v) is 3.39. The van der Waals surface area contributed by atoms with Crippen LogP contribution in [0.4, 0.5) is 0 Å². The van der Waals surface area contributed by atoms with Crippen molar-refractivity contribution in [3.05, 3.63) is 52.8 Å². The highest BCUT2D eigenvalue weighted by atomic mass is 35.5. The number of carbonyl (C=O) groups excluding carboxylic acids is 1. The molecule has 7 heteroatoms. The van der Waals surface area contributed by atoms with Gasteiger partial charge in [-0.15, -0.1) is 0 Å². The van der Waals surface area contributed by atoms with E-state index in [1.807, 2.05) is 13.8 Å². The highest BCUT2D eigenvalue weighted by Crippen LogP contribution is 2.36. The van der Waals surface area contributed by atoms with Gasteiger partial charge >= 0.3 is 0 Å². The molecule has 0 aliphatic heterocycles. The Kier molecular flexibility index (Phi) is 7.22. The minimum absolute atomic E-state index is 0.322. The molecule has 1 aromatic heterocycles. The molecule has 2 rings (SSSR count). The number of hydrogen-bond acceptors (Lipinski definition) is 5. The average Bonchev–Trinajstić information content (AvgIpc) is 2.62. The van der Waals surface area contributed by atoms with Crippen molar-refractivity contribution in [2.45, 2.75) is 20.3 Å². The standard InChI is InChI=1S/C18H20ClN3O3/c1-3-9-25-17-15(19)10-13(11-16(17)24-4-2)12-21-22-18(23)14-5-7-20-8-6-14/h5-8,10-12H,3-4,9H2,1-2H3,(H,22,23)/b21-12-. The summed E-state index contributed by atoms with van der Waals surface area (Å²) >= 11 is 6.28. The van der Waals surface area contributed by atoms with Crippen LogP contribution in [0.3, 0.4) is 0 Å². The fourth-order valence-electron chi connectivity index (χ4n) is 2.00. The number of nitrogens with zero attached hydrogens (tertiary/aromatic N) is 2. The molecule has 0 atom stereocenters. The molecule has 0 saturated heterocycles. The lowest BCUT2D eigenvalue weighted by atomic mass is 10.2. The molecular weight excluding hydrogens is 342 g/mol. The smallest absolute Gasteiger partial charge is 0.271 e. The molecule has 0 unspecified atom stereocenters. The number of rotatable bonds is 8. The molecule has 1 N–H and O–H groups in total. The van der Waals surface area contributed by atoms with E-state index in [2.05, 4.69) is 15.5 Å². The largest absolute Gasteiger partial charge is 0.490 e. The van der Waals surface area contributed by atoms with E-state index in [0.717, 1.165) is 6.42 Å². The lowest BCUT2D eigenvalue weighted by Gasteiger charge is -2.13. The first-order valence-electron chi connectivity index (χ1n) is 7.98. The number of ether oxygens (including phenoxy) is 2. The van der Waals surface area contributed by atoms with E-state index in [1.165, 1.54) is 6.21 Å².